The van der Waals surface area contributed by atoms with Crippen LogP contribution in [0.15, 0.2) is 30.3 Å². The first-order chi connectivity index (χ1) is 20.3. The van der Waals surface area contributed by atoms with Crippen LogP contribution in [0.25, 0.3) is 0 Å². The molecular weight excluding hydrogens is 675 g/mol. The van der Waals surface area contributed by atoms with Crippen LogP contribution in [-0.4, -0.2) is 71.4 Å². The number of benzene rings is 2. The van der Waals surface area contributed by atoms with Crippen molar-refractivity contribution in [2.45, 2.75) is 35.3 Å². The van der Waals surface area contributed by atoms with Gasteiger partial charge in [-0.2, -0.15) is 0 Å². The summed E-state index contributed by atoms with van der Waals surface area (Å²) in [7, 11) is 5.91. The van der Waals surface area contributed by atoms with Crippen molar-refractivity contribution < 1.29 is 50.7 Å². The molecule has 12 heteroatoms. The quantitative estimate of drug-likeness (QED) is 0.211. The number of alkyl halides is 1. The highest BCUT2D eigenvalue weighted by atomic mass is 127. The van der Waals surface area contributed by atoms with Crippen LogP contribution in [0.1, 0.15) is 24.3 Å². The standard InChI is InChI=1S/C13H14F2O3.C7H6F2O.C6H9IO2.C4H8O/c1-16-12-8(15)4-3-7(14)11(12)9-6-5-18-13(17-2)10(6)9;1-10-7-4-5(8)2-3-6(7)9;1-8-6-4-3(2-9-6)5(4)7;1-2-4-5-3-1/h3-4,6,9-10,13H,5H2,1-2H3;2-4H,1H3;3-6H,2H2,1H3;1-4H2/t6-,9+,10-,13+;;3-,4+,5-,6-;/m1.0./s1. The fourth-order valence-electron chi connectivity index (χ4n) is 5.60. The lowest BCUT2D eigenvalue weighted by molar-refractivity contribution is -0.111. The maximum absolute atomic E-state index is 13.9. The molecule has 2 saturated carbocycles. The fraction of sp³-hybridized carbons (Fsp3) is 0.600. The Bertz CT molecular complexity index is 1160. The van der Waals surface area contributed by atoms with Gasteiger partial charge < -0.3 is 33.2 Å². The molecule has 0 aromatic heterocycles. The minimum Gasteiger partial charge on any atom is -0.494 e. The van der Waals surface area contributed by atoms with Crippen molar-refractivity contribution in [1.29, 1.82) is 0 Å². The van der Waals surface area contributed by atoms with Crippen LogP contribution < -0.4 is 9.47 Å². The lowest BCUT2D eigenvalue weighted by Crippen LogP contribution is -2.16. The van der Waals surface area contributed by atoms with E-state index >= 15 is 0 Å². The summed E-state index contributed by atoms with van der Waals surface area (Å²) >= 11 is 2.47. The van der Waals surface area contributed by atoms with Crippen molar-refractivity contribution in [2.75, 3.05) is 54.9 Å². The third kappa shape index (κ3) is 7.68. The highest BCUT2D eigenvalue weighted by molar-refractivity contribution is 14.1. The van der Waals surface area contributed by atoms with E-state index in [1.807, 2.05) is 0 Å². The summed E-state index contributed by atoms with van der Waals surface area (Å²) in [6.07, 6.45) is 2.34. The molecule has 0 N–H and O–H groups in total. The molecular formula is C30H37F4IO7. The average molecular weight is 713 g/mol. The van der Waals surface area contributed by atoms with Crippen molar-refractivity contribution in [3.8, 4) is 11.5 Å². The highest BCUT2D eigenvalue weighted by Crippen LogP contribution is 2.62. The molecule has 0 amide bonds. The lowest BCUT2D eigenvalue weighted by Gasteiger charge is -2.16. The Morgan fingerprint density at radius 2 is 1.33 bits per heavy atom. The highest BCUT2D eigenvalue weighted by Gasteiger charge is 2.62. The molecule has 3 aliphatic heterocycles. The summed E-state index contributed by atoms with van der Waals surface area (Å²) in [4.78, 5) is 0. The molecule has 7 rings (SSSR count). The first-order valence-electron chi connectivity index (χ1n) is 13.8. The fourth-order valence-corrected chi connectivity index (χ4v) is 6.92. The van der Waals surface area contributed by atoms with E-state index in [2.05, 4.69) is 27.3 Å². The van der Waals surface area contributed by atoms with Crippen LogP contribution in [0.3, 0.4) is 0 Å². The van der Waals surface area contributed by atoms with Gasteiger partial charge in [-0.05, 0) is 43.0 Å². The van der Waals surface area contributed by atoms with Gasteiger partial charge in [-0.15, -0.1) is 0 Å². The predicted molar refractivity (Wildman–Crippen MR) is 154 cm³/mol. The zero-order valence-electron chi connectivity index (χ0n) is 24.0. The zero-order chi connectivity index (χ0) is 30.4. The Balaban J connectivity index is 0.000000143. The summed E-state index contributed by atoms with van der Waals surface area (Å²) in [6, 6.07) is 5.28. The normalized spacial score (nSPS) is 31.3. The molecule has 0 bridgehead atoms. The van der Waals surface area contributed by atoms with Crippen LogP contribution >= 0.6 is 22.6 Å². The molecule has 3 heterocycles. The molecule has 234 valence electrons. The molecule has 7 nitrogen and oxygen atoms in total. The van der Waals surface area contributed by atoms with Crippen LogP contribution in [0.4, 0.5) is 17.6 Å². The van der Waals surface area contributed by atoms with Crippen molar-refractivity contribution in [3.63, 3.8) is 0 Å². The maximum Gasteiger partial charge on any atom is 0.165 e. The SMILES string of the molecule is C1CCOC1.CO[C@H]1OC[C@@H]2[C@H](I)[C@H]12.COc1c(F)ccc(F)c1[C@H]1[C@H]2CO[C@H](OC)[C@H]21.COc1cc(F)ccc1F. The number of methoxy groups -OCH3 is 4. The van der Waals surface area contributed by atoms with Gasteiger partial charge in [0.1, 0.15) is 11.6 Å². The predicted octanol–water partition coefficient (Wildman–Crippen LogP) is 6.11. The first-order valence-corrected chi connectivity index (χ1v) is 15.0. The molecule has 0 radical (unpaired) electrons. The third-order valence-electron chi connectivity index (χ3n) is 7.93. The molecule has 0 unspecified atom stereocenters. The maximum atomic E-state index is 13.9. The van der Waals surface area contributed by atoms with Gasteiger partial charge in [0.05, 0.1) is 27.4 Å². The van der Waals surface area contributed by atoms with Crippen LogP contribution in [-0.2, 0) is 23.7 Å². The molecule has 3 saturated heterocycles. The van der Waals surface area contributed by atoms with E-state index in [0.29, 0.717) is 18.1 Å². The van der Waals surface area contributed by atoms with E-state index in [9.17, 15) is 17.6 Å². The van der Waals surface area contributed by atoms with Gasteiger partial charge in [0.25, 0.3) is 0 Å². The summed E-state index contributed by atoms with van der Waals surface area (Å²) in [5.41, 5.74) is 0.317. The molecule has 2 aromatic carbocycles. The lowest BCUT2D eigenvalue weighted by atomic mass is 10.0. The van der Waals surface area contributed by atoms with Gasteiger partial charge in [-0.1, -0.05) is 22.6 Å². The van der Waals surface area contributed by atoms with Crippen molar-refractivity contribution in [1.82, 2.24) is 0 Å². The van der Waals surface area contributed by atoms with Crippen LogP contribution in [0.5, 0.6) is 11.5 Å². The van der Waals surface area contributed by atoms with Gasteiger partial charge in [0.2, 0.25) is 0 Å². The monoisotopic (exact) mass is 712 g/mol. The minimum absolute atomic E-state index is 0.00394. The molecule has 0 spiro atoms. The van der Waals surface area contributed by atoms with E-state index in [4.69, 9.17) is 28.4 Å². The summed E-state index contributed by atoms with van der Waals surface area (Å²) in [5, 5.41) is 0. The second-order valence-corrected chi connectivity index (χ2v) is 11.8. The summed E-state index contributed by atoms with van der Waals surface area (Å²) in [5.74, 6) is -0.358. The molecule has 8 atom stereocenters. The first kappa shape index (κ1) is 33.2. The number of ether oxygens (including phenoxy) is 7. The van der Waals surface area contributed by atoms with Gasteiger partial charge in [0, 0.05) is 66.7 Å². The largest absolute Gasteiger partial charge is 0.494 e. The van der Waals surface area contributed by atoms with Crippen LogP contribution in [0, 0.1) is 46.9 Å². The topological polar surface area (TPSA) is 64.6 Å². The Morgan fingerprint density at radius 3 is 1.81 bits per heavy atom. The molecule has 2 aliphatic carbocycles. The van der Waals surface area contributed by atoms with Crippen molar-refractivity contribution in [2.24, 2.45) is 23.7 Å². The number of hydrogen-bond donors (Lipinski definition) is 0. The van der Waals surface area contributed by atoms with Crippen LogP contribution in [0.2, 0.25) is 0 Å². The third-order valence-corrected chi connectivity index (χ3v) is 9.69. The van der Waals surface area contributed by atoms with E-state index in [-0.39, 0.29) is 41.8 Å². The Kier molecular flexibility index (Phi) is 12.1. The molecule has 42 heavy (non-hydrogen) atoms. The average Bonchev–Trinajstić information content (AvgIpc) is 3.52. The van der Waals surface area contributed by atoms with Gasteiger partial charge in [-0.3, -0.25) is 0 Å². The smallest absolute Gasteiger partial charge is 0.165 e. The van der Waals surface area contributed by atoms with E-state index in [1.165, 1.54) is 27.1 Å². The zero-order valence-corrected chi connectivity index (χ0v) is 26.2. The minimum atomic E-state index is -0.552. The van der Waals surface area contributed by atoms with E-state index in [1.54, 1.807) is 14.2 Å². The number of rotatable bonds is 5. The van der Waals surface area contributed by atoms with Gasteiger partial charge in [-0.25, -0.2) is 17.6 Å². The second kappa shape index (κ2) is 15.3. The number of fused-ring (bicyclic) bond motifs is 2. The Morgan fingerprint density at radius 1 is 0.738 bits per heavy atom. The Hall–Kier alpha value is -1.71. The molecule has 5 fully saturated rings. The van der Waals surface area contributed by atoms with Crippen molar-refractivity contribution >= 4 is 22.6 Å². The van der Waals surface area contributed by atoms with Crippen molar-refractivity contribution in [3.05, 3.63) is 59.2 Å². The van der Waals surface area contributed by atoms with E-state index in [0.717, 1.165) is 60.0 Å². The second-order valence-electron chi connectivity index (χ2n) is 10.4. The van der Waals surface area contributed by atoms with E-state index < -0.39 is 23.3 Å². The molecule has 2 aromatic rings. The number of hydrogen-bond acceptors (Lipinski definition) is 7. The number of halogens is 5. The van der Waals surface area contributed by atoms with Gasteiger partial charge >= 0.3 is 0 Å². The molecule has 5 aliphatic rings. The Labute approximate surface area is 257 Å². The van der Waals surface area contributed by atoms with Gasteiger partial charge in [0.15, 0.2) is 35.7 Å². The summed E-state index contributed by atoms with van der Waals surface area (Å²) in [6.45, 7) is 3.43. The summed E-state index contributed by atoms with van der Waals surface area (Å²) < 4.78 is 88.6.